The second kappa shape index (κ2) is 8.41. The second-order valence-corrected chi connectivity index (χ2v) is 8.69. The van der Waals surface area contributed by atoms with Gasteiger partial charge in [0, 0.05) is 17.4 Å². The van der Waals surface area contributed by atoms with Crippen LogP contribution in [0, 0.1) is 6.92 Å². The van der Waals surface area contributed by atoms with Crippen molar-refractivity contribution in [1.82, 2.24) is 0 Å². The monoisotopic (exact) mass is 408 g/mol. The van der Waals surface area contributed by atoms with E-state index in [1.54, 1.807) is 73.7 Å². The standard InChI is InChI=1S/C23H20O5S/c1-16-13-14-19(29(2,26)27)15-20(16)23(25)28-22(18-11-7-4-8-12-18)21(24)17-9-5-3-6-10-17/h3-15,22H,1-2H3/t22-/m0/s1. The molecular formula is C23H20O5S. The van der Waals surface area contributed by atoms with Crippen molar-refractivity contribution in [1.29, 1.82) is 0 Å². The van der Waals surface area contributed by atoms with Crippen LogP contribution in [0.5, 0.6) is 0 Å². The Morgan fingerprint density at radius 1 is 0.862 bits per heavy atom. The van der Waals surface area contributed by atoms with Gasteiger partial charge in [-0.05, 0) is 24.6 Å². The van der Waals surface area contributed by atoms with Gasteiger partial charge in [0.05, 0.1) is 10.5 Å². The molecule has 6 heteroatoms. The minimum absolute atomic E-state index is 0.0145. The molecule has 0 saturated heterocycles. The number of aryl methyl sites for hydroxylation is 1. The largest absolute Gasteiger partial charge is 0.445 e. The molecule has 0 bridgehead atoms. The Balaban J connectivity index is 1.99. The van der Waals surface area contributed by atoms with E-state index in [0.717, 1.165) is 6.26 Å². The zero-order chi connectivity index (χ0) is 21.0. The fourth-order valence-corrected chi connectivity index (χ4v) is 3.52. The van der Waals surface area contributed by atoms with Crippen LogP contribution in [0.1, 0.15) is 37.9 Å². The zero-order valence-corrected chi connectivity index (χ0v) is 16.8. The van der Waals surface area contributed by atoms with Crippen LogP contribution in [-0.4, -0.2) is 26.4 Å². The van der Waals surface area contributed by atoms with Crippen molar-refractivity contribution in [3.05, 3.63) is 101 Å². The highest BCUT2D eigenvalue weighted by Gasteiger charge is 2.27. The average Bonchev–Trinajstić information content (AvgIpc) is 2.72. The van der Waals surface area contributed by atoms with Gasteiger partial charge in [-0.25, -0.2) is 13.2 Å². The van der Waals surface area contributed by atoms with Crippen LogP contribution in [0.4, 0.5) is 0 Å². The van der Waals surface area contributed by atoms with Crippen LogP contribution < -0.4 is 0 Å². The van der Waals surface area contributed by atoms with Crippen LogP contribution in [-0.2, 0) is 14.6 Å². The molecule has 0 aliphatic carbocycles. The van der Waals surface area contributed by atoms with Gasteiger partial charge in [0.15, 0.2) is 15.9 Å². The van der Waals surface area contributed by atoms with Crippen LogP contribution in [0.25, 0.3) is 0 Å². The summed E-state index contributed by atoms with van der Waals surface area (Å²) in [5.74, 6) is -1.12. The number of ketones is 1. The third kappa shape index (κ3) is 4.78. The first-order valence-electron chi connectivity index (χ1n) is 8.93. The Hall–Kier alpha value is -3.25. The van der Waals surface area contributed by atoms with E-state index in [-0.39, 0.29) is 16.2 Å². The van der Waals surface area contributed by atoms with E-state index in [1.165, 1.54) is 12.1 Å². The van der Waals surface area contributed by atoms with Crippen LogP contribution in [0.15, 0.2) is 83.8 Å². The first kappa shape index (κ1) is 20.5. The highest BCUT2D eigenvalue weighted by atomic mass is 32.2. The molecule has 0 radical (unpaired) electrons. The molecule has 29 heavy (non-hydrogen) atoms. The molecule has 1 atom stereocenters. The number of hydrogen-bond acceptors (Lipinski definition) is 5. The Morgan fingerprint density at radius 2 is 1.45 bits per heavy atom. The molecule has 0 saturated carbocycles. The normalized spacial score (nSPS) is 12.2. The van der Waals surface area contributed by atoms with Crippen molar-refractivity contribution in [2.75, 3.05) is 6.26 Å². The third-order valence-corrected chi connectivity index (χ3v) is 5.59. The summed E-state index contributed by atoms with van der Waals surface area (Å²) in [6.07, 6.45) is -0.0780. The molecule has 148 valence electrons. The van der Waals surface area contributed by atoms with E-state index in [2.05, 4.69) is 0 Å². The number of ether oxygens (including phenoxy) is 1. The summed E-state index contributed by atoms with van der Waals surface area (Å²) in [6, 6.07) is 21.5. The minimum atomic E-state index is -3.49. The van der Waals surface area contributed by atoms with Crippen LogP contribution >= 0.6 is 0 Å². The zero-order valence-electron chi connectivity index (χ0n) is 16.0. The van der Waals surface area contributed by atoms with Gasteiger partial charge in [-0.2, -0.15) is 0 Å². The highest BCUT2D eigenvalue weighted by Crippen LogP contribution is 2.25. The number of benzene rings is 3. The van der Waals surface area contributed by atoms with Gasteiger partial charge in [0.1, 0.15) is 0 Å². The second-order valence-electron chi connectivity index (χ2n) is 6.68. The van der Waals surface area contributed by atoms with Gasteiger partial charge in [0.2, 0.25) is 5.78 Å². The number of hydrogen-bond donors (Lipinski definition) is 0. The van der Waals surface area contributed by atoms with Crippen LogP contribution in [0.3, 0.4) is 0 Å². The summed E-state index contributed by atoms with van der Waals surface area (Å²) in [5, 5.41) is 0. The maximum Gasteiger partial charge on any atom is 0.339 e. The summed E-state index contributed by atoms with van der Waals surface area (Å²) >= 11 is 0. The summed E-state index contributed by atoms with van der Waals surface area (Å²) < 4.78 is 29.3. The van der Waals surface area contributed by atoms with E-state index < -0.39 is 21.9 Å². The van der Waals surface area contributed by atoms with E-state index >= 15 is 0 Å². The number of rotatable bonds is 6. The molecule has 0 aliphatic heterocycles. The molecular weight excluding hydrogens is 388 g/mol. The lowest BCUT2D eigenvalue weighted by Gasteiger charge is -2.18. The lowest BCUT2D eigenvalue weighted by atomic mass is 9.99. The van der Waals surface area contributed by atoms with Crippen molar-refractivity contribution in [2.45, 2.75) is 17.9 Å². The first-order valence-corrected chi connectivity index (χ1v) is 10.8. The fraction of sp³-hybridized carbons (Fsp3) is 0.130. The fourth-order valence-electron chi connectivity index (χ4n) is 2.88. The molecule has 0 aliphatic rings. The Labute approximate surface area is 169 Å². The quantitative estimate of drug-likeness (QED) is 0.452. The summed E-state index contributed by atoms with van der Waals surface area (Å²) in [7, 11) is -3.49. The topological polar surface area (TPSA) is 77.5 Å². The van der Waals surface area contributed by atoms with Crippen molar-refractivity contribution in [2.24, 2.45) is 0 Å². The Morgan fingerprint density at radius 3 is 2.03 bits per heavy atom. The van der Waals surface area contributed by atoms with Crippen molar-refractivity contribution in [3.63, 3.8) is 0 Å². The molecule has 0 N–H and O–H groups in total. The minimum Gasteiger partial charge on any atom is -0.445 e. The molecule has 0 unspecified atom stereocenters. The Bertz CT molecular complexity index is 1140. The van der Waals surface area contributed by atoms with Crippen molar-refractivity contribution in [3.8, 4) is 0 Å². The van der Waals surface area contributed by atoms with E-state index in [0.29, 0.717) is 16.7 Å². The highest BCUT2D eigenvalue weighted by molar-refractivity contribution is 7.90. The maximum atomic E-state index is 13.1. The van der Waals surface area contributed by atoms with Gasteiger partial charge >= 0.3 is 5.97 Å². The average molecular weight is 408 g/mol. The van der Waals surface area contributed by atoms with Crippen LogP contribution in [0.2, 0.25) is 0 Å². The maximum absolute atomic E-state index is 13.1. The van der Waals surface area contributed by atoms with Crippen molar-refractivity contribution >= 4 is 21.6 Å². The van der Waals surface area contributed by atoms with Gasteiger partial charge < -0.3 is 4.74 Å². The molecule has 0 aromatic heterocycles. The van der Waals surface area contributed by atoms with Gasteiger partial charge in [-0.1, -0.05) is 66.7 Å². The predicted molar refractivity (Wildman–Crippen MR) is 110 cm³/mol. The lowest BCUT2D eigenvalue weighted by Crippen LogP contribution is -2.21. The first-order chi connectivity index (χ1) is 13.8. The van der Waals surface area contributed by atoms with E-state index in [9.17, 15) is 18.0 Å². The summed E-state index contributed by atoms with van der Waals surface area (Å²) in [5.41, 5.74) is 1.61. The SMILES string of the molecule is Cc1ccc(S(C)(=O)=O)cc1C(=O)O[C@H](C(=O)c1ccccc1)c1ccccc1. The van der Waals surface area contributed by atoms with E-state index in [1.807, 2.05) is 0 Å². The molecule has 5 nitrogen and oxygen atoms in total. The molecule has 3 aromatic rings. The van der Waals surface area contributed by atoms with Gasteiger partial charge in [-0.3, -0.25) is 4.79 Å². The number of carbonyl (C=O) groups is 2. The number of sulfone groups is 1. The lowest BCUT2D eigenvalue weighted by molar-refractivity contribution is 0.0279. The molecule has 0 heterocycles. The van der Waals surface area contributed by atoms with Gasteiger partial charge in [-0.15, -0.1) is 0 Å². The summed E-state index contributed by atoms with van der Waals surface area (Å²) in [4.78, 5) is 26.0. The predicted octanol–water partition coefficient (Wildman–Crippen LogP) is 4.18. The molecule has 0 amide bonds. The van der Waals surface area contributed by atoms with Gasteiger partial charge in [0.25, 0.3) is 0 Å². The third-order valence-electron chi connectivity index (χ3n) is 4.48. The number of Topliss-reactive ketones (excluding diaryl/α,β-unsaturated/α-hetero) is 1. The molecule has 3 aromatic carbocycles. The molecule has 0 fully saturated rings. The smallest absolute Gasteiger partial charge is 0.339 e. The van der Waals surface area contributed by atoms with Crippen molar-refractivity contribution < 1.29 is 22.7 Å². The molecule has 0 spiro atoms. The number of esters is 1. The van der Waals surface area contributed by atoms with E-state index in [4.69, 9.17) is 4.74 Å². The Kier molecular flexibility index (Phi) is 5.94. The number of carbonyl (C=O) groups excluding carboxylic acids is 2. The molecule has 3 rings (SSSR count). The summed E-state index contributed by atoms with van der Waals surface area (Å²) in [6.45, 7) is 1.68.